The van der Waals surface area contributed by atoms with Crippen LogP contribution in [0.5, 0.6) is 17.2 Å². The maximum absolute atomic E-state index is 12.3. The van der Waals surface area contributed by atoms with Crippen LogP contribution in [-0.2, 0) is 10.1 Å². The number of nitrogens with zero attached hydrogens (tertiary/aromatic N) is 1. The Labute approximate surface area is 202 Å². The van der Waals surface area contributed by atoms with Crippen LogP contribution in [0.2, 0.25) is 0 Å². The van der Waals surface area contributed by atoms with Crippen LogP contribution in [0.3, 0.4) is 0 Å². The van der Waals surface area contributed by atoms with Gasteiger partial charge in [-0.15, -0.1) is 13.2 Å². The summed E-state index contributed by atoms with van der Waals surface area (Å²) >= 11 is 0. The molecule has 8 nitrogen and oxygen atoms in total. The summed E-state index contributed by atoms with van der Waals surface area (Å²) in [5.74, 6) is 0.137. The molecule has 0 amide bonds. The first-order valence-corrected chi connectivity index (χ1v) is 12.6. The molecule has 0 radical (unpaired) electrons. The molecule has 0 aliphatic carbocycles. The zero-order chi connectivity index (χ0) is 25.7. The second-order valence-corrected chi connectivity index (χ2v) is 10.2. The van der Waals surface area contributed by atoms with Crippen molar-refractivity contribution in [3.63, 3.8) is 0 Å². The molecular weight excluding hydrogens is 491 g/mol. The predicted octanol–water partition coefficient (Wildman–Crippen LogP) is 4.04. The third-order valence-corrected chi connectivity index (χ3v) is 6.17. The number of aliphatic hydroxyl groups is 1. The van der Waals surface area contributed by atoms with Gasteiger partial charge in [-0.3, -0.25) is 4.55 Å². The second-order valence-electron chi connectivity index (χ2n) is 8.64. The van der Waals surface area contributed by atoms with Crippen molar-refractivity contribution in [1.82, 2.24) is 0 Å². The number of halogens is 3. The zero-order valence-corrected chi connectivity index (χ0v) is 19.9. The van der Waals surface area contributed by atoms with Gasteiger partial charge >= 0.3 is 6.36 Å². The van der Waals surface area contributed by atoms with E-state index in [0.29, 0.717) is 11.5 Å². The highest BCUT2D eigenvalue weighted by Crippen LogP contribution is 2.28. The molecule has 0 aromatic heterocycles. The van der Waals surface area contributed by atoms with Crippen LogP contribution in [0, 0.1) is 0 Å². The van der Waals surface area contributed by atoms with Gasteiger partial charge in [0.25, 0.3) is 10.1 Å². The van der Waals surface area contributed by atoms with E-state index in [2.05, 4.69) is 9.64 Å². The molecule has 12 heteroatoms. The van der Waals surface area contributed by atoms with Gasteiger partial charge in [0, 0.05) is 31.6 Å². The van der Waals surface area contributed by atoms with Crippen LogP contribution >= 0.6 is 0 Å². The van der Waals surface area contributed by atoms with Crippen molar-refractivity contribution >= 4 is 15.8 Å². The highest BCUT2D eigenvalue weighted by molar-refractivity contribution is 7.85. The minimum Gasteiger partial charge on any atom is -0.491 e. The predicted molar refractivity (Wildman–Crippen MR) is 123 cm³/mol. The number of alkyl halides is 3. The lowest BCUT2D eigenvalue weighted by Gasteiger charge is -2.33. The Hall–Kier alpha value is -2.70. The molecule has 0 bridgehead atoms. The summed E-state index contributed by atoms with van der Waals surface area (Å²) in [6, 6.07) is 12.6. The van der Waals surface area contributed by atoms with Crippen LogP contribution in [0.1, 0.15) is 26.2 Å². The number of anilines is 1. The SMILES string of the molecule is C[C@](O)(CCS(=O)(=O)O)COc1ccc(N2CCC(Oc3ccc(OC(F)(F)F)cc3)CC2)cc1. The lowest BCUT2D eigenvalue weighted by atomic mass is 10.1. The quantitative estimate of drug-likeness (QED) is 0.453. The number of benzene rings is 2. The first-order valence-electron chi connectivity index (χ1n) is 11.0. The van der Waals surface area contributed by atoms with Gasteiger partial charge in [-0.25, -0.2) is 0 Å². The molecular formula is C23H28F3NO7S. The number of hydrogen-bond donors (Lipinski definition) is 2. The van der Waals surface area contributed by atoms with E-state index in [4.69, 9.17) is 14.0 Å². The molecule has 1 heterocycles. The van der Waals surface area contributed by atoms with Gasteiger partial charge in [-0.1, -0.05) is 0 Å². The summed E-state index contributed by atoms with van der Waals surface area (Å²) in [7, 11) is -4.16. The van der Waals surface area contributed by atoms with Gasteiger partial charge in [0.2, 0.25) is 0 Å². The van der Waals surface area contributed by atoms with E-state index in [0.717, 1.165) is 31.6 Å². The van der Waals surface area contributed by atoms with Crippen molar-refractivity contribution in [3.8, 4) is 17.2 Å². The van der Waals surface area contributed by atoms with Crippen LogP contribution in [-0.4, -0.2) is 61.6 Å². The highest BCUT2D eigenvalue weighted by Gasteiger charge is 2.31. The van der Waals surface area contributed by atoms with E-state index in [-0.39, 0.29) is 24.9 Å². The number of piperidine rings is 1. The van der Waals surface area contributed by atoms with Crippen LogP contribution in [0.15, 0.2) is 48.5 Å². The van der Waals surface area contributed by atoms with Crippen molar-refractivity contribution in [2.45, 2.75) is 44.3 Å². The smallest absolute Gasteiger partial charge is 0.491 e. The summed E-state index contributed by atoms with van der Waals surface area (Å²) in [4.78, 5) is 2.17. The van der Waals surface area contributed by atoms with Crippen LogP contribution in [0.4, 0.5) is 18.9 Å². The third kappa shape index (κ3) is 9.46. The Balaban J connectivity index is 1.44. The van der Waals surface area contributed by atoms with Crippen molar-refractivity contribution in [2.75, 3.05) is 30.3 Å². The maximum atomic E-state index is 12.3. The fraction of sp³-hybridized carbons (Fsp3) is 0.478. The molecule has 3 rings (SSSR count). The molecule has 194 valence electrons. The summed E-state index contributed by atoms with van der Waals surface area (Å²) < 4.78 is 82.6. The molecule has 2 N–H and O–H groups in total. The summed E-state index contributed by atoms with van der Waals surface area (Å²) in [5.41, 5.74) is -0.440. The van der Waals surface area contributed by atoms with Crippen molar-refractivity contribution in [3.05, 3.63) is 48.5 Å². The van der Waals surface area contributed by atoms with Crippen molar-refractivity contribution in [2.24, 2.45) is 0 Å². The van der Waals surface area contributed by atoms with Gasteiger partial charge in [-0.2, -0.15) is 8.42 Å². The van der Waals surface area contributed by atoms with Gasteiger partial charge in [0.15, 0.2) is 0 Å². The van der Waals surface area contributed by atoms with E-state index in [1.54, 1.807) is 12.1 Å². The summed E-state index contributed by atoms with van der Waals surface area (Å²) in [6.07, 6.45) is -3.49. The molecule has 1 fully saturated rings. The normalized spacial score (nSPS) is 17.0. The Morgan fingerprint density at radius 3 is 2.06 bits per heavy atom. The highest BCUT2D eigenvalue weighted by atomic mass is 32.2. The molecule has 0 spiro atoms. The molecule has 1 aliphatic rings. The molecule has 2 aromatic carbocycles. The standard InChI is InChI=1S/C23H28F3NO7S/c1-22(28,12-15-35(29,30)31)16-32-18-4-2-17(3-5-18)27-13-10-20(11-14-27)33-19-6-8-21(9-7-19)34-23(24,25)26/h2-9,20,28H,10-16H2,1H3,(H,29,30,31)/t22-/m0/s1. The minimum absolute atomic E-state index is 0.0618. The molecule has 2 aromatic rings. The Morgan fingerprint density at radius 2 is 1.51 bits per heavy atom. The van der Waals surface area contributed by atoms with E-state index < -0.39 is 27.8 Å². The van der Waals surface area contributed by atoms with Crippen LogP contribution in [0.25, 0.3) is 0 Å². The molecule has 1 saturated heterocycles. The first kappa shape index (κ1) is 26.9. The largest absolute Gasteiger partial charge is 0.573 e. The fourth-order valence-corrected chi connectivity index (χ4v) is 4.25. The average Bonchev–Trinajstić information content (AvgIpc) is 2.77. The molecule has 1 atom stereocenters. The van der Waals surface area contributed by atoms with Gasteiger partial charge < -0.3 is 24.2 Å². The molecule has 0 saturated carbocycles. The lowest BCUT2D eigenvalue weighted by molar-refractivity contribution is -0.274. The zero-order valence-electron chi connectivity index (χ0n) is 19.1. The Bertz CT molecular complexity index is 1050. The monoisotopic (exact) mass is 519 g/mol. The number of rotatable bonds is 10. The van der Waals surface area contributed by atoms with Gasteiger partial charge in [0.1, 0.15) is 30.0 Å². The maximum Gasteiger partial charge on any atom is 0.573 e. The molecule has 35 heavy (non-hydrogen) atoms. The van der Waals surface area contributed by atoms with Crippen LogP contribution < -0.4 is 19.1 Å². The van der Waals surface area contributed by atoms with E-state index in [1.807, 2.05) is 12.1 Å². The summed E-state index contributed by atoms with van der Waals surface area (Å²) in [6.45, 7) is 2.76. The van der Waals surface area contributed by atoms with E-state index >= 15 is 0 Å². The van der Waals surface area contributed by atoms with E-state index in [9.17, 15) is 26.7 Å². The minimum atomic E-state index is -4.73. The Kier molecular flexibility index (Phi) is 8.39. The van der Waals surface area contributed by atoms with Gasteiger partial charge in [0.05, 0.1) is 11.4 Å². The summed E-state index contributed by atoms with van der Waals surface area (Å²) in [5, 5.41) is 10.2. The first-order chi connectivity index (χ1) is 16.3. The average molecular weight is 520 g/mol. The fourth-order valence-electron chi connectivity index (χ4n) is 3.56. The molecule has 1 aliphatic heterocycles. The van der Waals surface area contributed by atoms with E-state index in [1.165, 1.54) is 31.2 Å². The Morgan fingerprint density at radius 1 is 0.971 bits per heavy atom. The van der Waals surface area contributed by atoms with Crippen molar-refractivity contribution < 1.29 is 45.5 Å². The number of ether oxygens (including phenoxy) is 3. The topological polar surface area (TPSA) is 106 Å². The third-order valence-electron chi connectivity index (χ3n) is 5.45. The lowest BCUT2D eigenvalue weighted by Crippen LogP contribution is -2.38. The number of hydrogen-bond acceptors (Lipinski definition) is 7. The van der Waals surface area contributed by atoms with Gasteiger partial charge in [-0.05, 0) is 61.9 Å². The van der Waals surface area contributed by atoms with Crippen molar-refractivity contribution in [1.29, 1.82) is 0 Å². The molecule has 0 unspecified atom stereocenters. The second kappa shape index (κ2) is 10.9.